The fourth-order valence-electron chi connectivity index (χ4n) is 2.09. The van der Waals surface area contributed by atoms with Crippen LogP contribution in [0.2, 0.25) is 0 Å². The third kappa shape index (κ3) is 7.49. The Bertz CT molecular complexity index is 797. The molecule has 0 saturated carbocycles. The predicted molar refractivity (Wildman–Crippen MR) is 109 cm³/mol. The monoisotopic (exact) mass is 456 g/mol. The van der Waals surface area contributed by atoms with E-state index in [0.717, 1.165) is 16.6 Å². The minimum Gasteiger partial charge on any atom is -0.356 e. The summed E-state index contributed by atoms with van der Waals surface area (Å²) in [7, 11) is -3.59. The maximum atomic E-state index is 12.1. The van der Waals surface area contributed by atoms with Gasteiger partial charge in [-0.15, -0.1) is 11.8 Å². The van der Waals surface area contributed by atoms with Gasteiger partial charge in [-0.2, -0.15) is 0 Å². The molecular weight excluding hydrogens is 436 g/mol. The molecule has 1 amide bonds. The van der Waals surface area contributed by atoms with Crippen LogP contribution >= 0.6 is 27.7 Å². The van der Waals surface area contributed by atoms with Crippen LogP contribution in [0.5, 0.6) is 0 Å². The number of nitrogens with one attached hydrogen (secondary N) is 2. The number of halogens is 1. The van der Waals surface area contributed by atoms with Crippen molar-refractivity contribution in [3.63, 3.8) is 0 Å². The average Bonchev–Trinajstić information content (AvgIpc) is 2.62. The van der Waals surface area contributed by atoms with Gasteiger partial charge in [-0.1, -0.05) is 34.1 Å². The molecule has 0 saturated heterocycles. The van der Waals surface area contributed by atoms with E-state index in [2.05, 4.69) is 38.1 Å². The second-order valence-corrected chi connectivity index (χ2v) is 9.32. The summed E-state index contributed by atoms with van der Waals surface area (Å²) in [6.45, 7) is 0.654. The van der Waals surface area contributed by atoms with Gasteiger partial charge in [-0.25, -0.2) is 13.1 Å². The molecule has 140 valence electrons. The van der Waals surface area contributed by atoms with Gasteiger partial charge in [0.15, 0.2) is 0 Å². The Balaban J connectivity index is 1.60. The molecule has 0 aliphatic rings. The fraction of sp³-hybridized carbons (Fsp3) is 0.278. The lowest BCUT2D eigenvalue weighted by atomic mass is 10.4. The van der Waals surface area contributed by atoms with Gasteiger partial charge in [0.1, 0.15) is 0 Å². The van der Waals surface area contributed by atoms with Crippen LogP contribution in [-0.4, -0.2) is 33.2 Å². The van der Waals surface area contributed by atoms with E-state index >= 15 is 0 Å². The third-order valence-corrected chi connectivity index (χ3v) is 6.53. The van der Waals surface area contributed by atoms with Crippen LogP contribution in [0.1, 0.15) is 12.8 Å². The lowest BCUT2D eigenvalue weighted by molar-refractivity contribution is -0.120. The Hall–Kier alpha value is -1.35. The Morgan fingerprint density at radius 2 is 1.69 bits per heavy atom. The van der Waals surface area contributed by atoms with Crippen LogP contribution < -0.4 is 10.0 Å². The first-order chi connectivity index (χ1) is 12.5. The minimum absolute atomic E-state index is 0.0724. The van der Waals surface area contributed by atoms with Crippen LogP contribution in [0, 0.1) is 0 Å². The Kier molecular flexibility index (Phi) is 8.64. The molecule has 0 radical (unpaired) electrons. The van der Waals surface area contributed by atoms with Gasteiger partial charge in [0.05, 0.1) is 4.90 Å². The third-order valence-electron chi connectivity index (χ3n) is 3.42. The SMILES string of the molecule is O=C(CCNS(=O)(=O)c1ccc(Br)cc1)NCCCSc1ccccc1. The Labute approximate surface area is 167 Å². The highest BCUT2D eigenvalue weighted by molar-refractivity contribution is 9.10. The molecule has 0 aliphatic heterocycles. The van der Waals surface area contributed by atoms with Gasteiger partial charge in [-0.3, -0.25) is 4.79 Å². The minimum atomic E-state index is -3.59. The normalized spacial score (nSPS) is 11.3. The number of benzene rings is 2. The number of thioether (sulfide) groups is 1. The maximum absolute atomic E-state index is 12.1. The first-order valence-corrected chi connectivity index (χ1v) is 11.4. The molecule has 0 aliphatic carbocycles. The molecule has 8 heteroatoms. The zero-order valence-electron chi connectivity index (χ0n) is 14.2. The first kappa shape index (κ1) is 21.0. The number of sulfonamides is 1. The van der Waals surface area contributed by atoms with Crippen LogP contribution in [0.25, 0.3) is 0 Å². The summed E-state index contributed by atoms with van der Waals surface area (Å²) >= 11 is 5.01. The predicted octanol–water partition coefficient (Wildman–Crippen LogP) is 3.42. The van der Waals surface area contributed by atoms with E-state index in [1.165, 1.54) is 17.0 Å². The molecule has 0 fully saturated rings. The van der Waals surface area contributed by atoms with Crippen LogP contribution in [0.15, 0.2) is 68.9 Å². The number of carbonyl (C=O) groups excluding carboxylic acids is 1. The Morgan fingerprint density at radius 1 is 1.00 bits per heavy atom. The summed E-state index contributed by atoms with van der Waals surface area (Å²) in [5, 5.41) is 2.81. The molecular formula is C18H21BrN2O3S2. The van der Waals surface area contributed by atoms with E-state index in [9.17, 15) is 13.2 Å². The molecule has 5 nitrogen and oxygen atoms in total. The van der Waals surface area contributed by atoms with E-state index in [1.807, 2.05) is 18.2 Å². The molecule has 0 atom stereocenters. The zero-order valence-corrected chi connectivity index (χ0v) is 17.4. The lowest BCUT2D eigenvalue weighted by Crippen LogP contribution is -2.31. The van der Waals surface area contributed by atoms with Crippen molar-refractivity contribution in [2.45, 2.75) is 22.6 Å². The van der Waals surface area contributed by atoms with Crippen molar-refractivity contribution in [3.8, 4) is 0 Å². The largest absolute Gasteiger partial charge is 0.356 e. The van der Waals surface area contributed by atoms with E-state index in [-0.39, 0.29) is 23.8 Å². The highest BCUT2D eigenvalue weighted by Gasteiger charge is 2.13. The molecule has 0 aromatic heterocycles. The number of hydrogen-bond acceptors (Lipinski definition) is 4. The molecule has 2 rings (SSSR count). The van der Waals surface area contributed by atoms with Crippen LogP contribution in [-0.2, 0) is 14.8 Å². The van der Waals surface area contributed by atoms with Gasteiger partial charge in [0, 0.05) is 28.9 Å². The maximum Gasteiger partial charge on any atom is 0.240 e. The summed E-state index contributed by atoms with van der Waals surface area (Å²) in [6, 6.07) is 16.4. The smallest absolute Gasteiger partial charge is 0.240 e. The summed E-state index contributed by atoms with van der Waals surface area (Å²) in [5.74, 6) is 0.758. The van der Waals surface area contributed by atoms with Crippen molar-refractivity contribution in [1.29, 1.82) is 0 Å². The van der Waals surface area contributed by atoms with Crippen LogP contribution in [0.4, 0.5) is 0 Å². The van der Waals surface area contributed by atoms with Crippen molar-refractivity contribution >= 4 is 43.6 Å². The number of carbonyl (C=O) groups is 1. The zero-order chi connectivity index (χ0) is 18.8. The standard InChI is InChI=1S/C18H21BrN2O3S2/c19-15-7-9-17(10-8-15)26(23,24)21-13-11-18(22)20-12-4-14-25-16-5-2-1-3-6-16/h1-3,5-10,21H,4,11-14H2,(H,20,22). The quantitative estimate of drug-likeness (QED) is 0.424. The van der Waals surface area contributed by atoms with E-state index in [4.69, 9.17) is 0 Å². The average molecular weight is 457 g/mol. The highest BCUT2D eigenvalue weighted by atomic mass is 79.9. The molecule has 2 aromatic carbocycles. The summed E-state index contributed by atoms with van der Waals surface area (Å²) in [4.78, 5) is 13.2. The Morgan fingerprint density at radius 3 is 2.38 bits per heavy atom. The molecule has 0 bridgehead atoms. The molecule has 0 unspecified atom stereocenters. The molecule has 2 N–H and O–H groups in total. The van der Waals surface area contributed by atoms with E-state index in [0.29, 0.717) is 6.54 Å². The van der Waals surface area contributed by atoms with Gasteiger partial charge < -0.3 is 5.32 Å². The van der Waals surface area contributed by atoms with Crippen LogP contribution in [0.3, 0.4) is 0 Å². The van der Waals surface area contributed by atoms with Crippen molar-refractivity contribution < 1.29 is 13.2 Å². The van der Waals surface area contributed by atoms with Crippen molar-refractivity contribution in [2.75, 3.05) is 18.8 Å². The number of rotatable bonds is 10. The number of amides is 1. The van der Waals surface area contributed by atoms with Gasteiger partial charge in [0.25, 0.3) is 0 Å². The van der Waals surface area contributed by atoms with Gasteiger partial charge >= 0.3 is 0 Å². The molecule has 0 spiro atoms. The van der Waals surface area contributed by atoms with Crippen molar-refractivity contribution in [1.82, 2.24) is 10.0 Å². The van der Waals surface area contributed by atoms with E-state index < -0.39 is 10.0 Å². The summed E-state index contributed by atoms with van der Waals surface area (Å²) in [6.07, 6.45) is 0.970. The second-order valence-electron chi connectivity index (χ2n) is 5.47. The second kappa shape index (κ2) is 10.7. The van der Waals surface area contributed by atoms with E-state index in [1.54, 1.807) is 23.9 Å². The van der Waals surface area contributed by atoms with Crippen molar-refractivity contribution in [3.05, 3.63) is 59.1 Å². The van der Waals surface area contributed by atoms with Gasteiger partial charge in [0.2, 0.25) is 15.9 Å². The van der Waals surface area contributed by atoms with Gasteiger partial charge in [-0.05, 0) is 48.6 Å². The summed E-state index contributed by atoms with van der Waals surface area (Å²) in [5.41, 5.74) is 0. The number of hydrogen-bond donors (Lipinski definition) is 2. The topological polar surface area (TPSA) is 75.3 Å². The molecule has 0 heterocycles. The molecule has 2 aromatic rings. The lowest BCUT2D eigenvalue weighted by Gasteiger charge is -2.08. The van der Waals surface area contributed by atoms with Crippen molar-refractivity contribution in [2.24, 2.45) is 0 Å². The summed E-state index contributed by atoms with van der Waals surface area (Å²) < 4.78 is 27.4. The first-order valence-electron chi connectivity index (χ1n) is 8.17. The highest BCUT2D eigenvalue weighted by Crippen LogP contribution is 2.17. The fourth-order valence-corrected chi connectivity index (χ4v) is 4.26. The molecule has 26 heavy (non-hydrogen) atoms.